The summed E-state index contributed by atoms with van der Waals surface area (Å²) in [5.41, 5.74) is 13.5. The largest absolute Gasteiger partial charge is 0.337 e. The van der Waals surface area contributed by atoms with E-state index in [-0.39, 0.29) is 0 Å². The number of rotatable bonds is 34. The summed E-state index contributed by atoms with van der Waals surface area (Å²) in [6.45, 7) is 67.0. The molecule has 554 valence electrons. The maximum Gasteiger partial charge on any atom is 0.0949 e. The molecule has 12 heteroatoms. The highest BCUT2D eigenvalue weighted by molar-refractivity contribution is 5.90. The summed E-state index contributed by atoms with van der Waals surface area (Å²) < 4.78 is 8.25. The molecule has 7 heterocycles. The van der Waals surface area contributed by atoms with Crippen molar-refractivity contribution in [3.63, 3.8) is 0 Å². The molecule has 12 nitrogen and oxygen atoms in total. The standard InChI is InChI=1S/2C13H23N.3C12H22N2.C12H21N.C11H21N3/c1-10(2)5-6-13-8-12(9-14-13)7-11(3)4;1-10(2)5-6-12-8-13(14-9-12)7-11(3)4;1-10(2)5-6-12-7-13-14(9-12)8-11(3)4;1-10(2)5-6-12-8-14(9-13-12)7-11(3)4;1-10(2)5-6-12-7-8-14(13-12)9-11(3)4;1-9(2)7-11-5-6-12(13-11)8-10(3)4;1-9(2)5-6-11-8-14(13-12-11)7-10(3)4/h2*9-11H,5-8H2,1-4H3;7,9-11H,5-6,8H2,1-4H3;8-11H,5-7H2,1-4H3;7-8,10-11H,5-6,9H2,1-4H3;5,9-10H,6-8H2,1-4H3;8-10H,5-7H2,1-4H3. The van der Waals surface area contributed by atoms with Gasteiger partial charge in [0.15, 0.2) is 0 Å². The van der Waals surface area contributed by atoms with E-state index in [1.54, 1.807) is 0 Å². The summed E-state index contributed by atoms with van der Waals surface area (Å²) in [6, 6.07) is 2.14. The maximum absolute atomic E-state index is 4.65. The Morgan fingerprint density at radius 2 is 0.845 bits per heavy atom. The predicted octanol–water partition coefficient (Wildman–Crippen LogP) is 24.1. The molecule has 0 N–H and O–H groups in total. The molecule has 4 aromatic rings. The summed E-state index contributed by atoms with van der Waals surface area (Å²) in [6.07, 6.45) is 41.4. The zero-order chi connectivity index (χ0) is 73.2. The molecule has 97 heavy (non-hydrogen) atoms. The number of aryl methyl sites for hydroxylation is 4. The van der Waals surface area contributed by atoms with E-state index in [9.17, 15) is 0 Å². The molecular weight excluding hydrogens is 1190 g/mol. The second-order valence-electron chi connectivity index (χ2n) is 34.6. The molecular formula is C85H154N12. The van der Waals surface area contributed by atoms with Gasteiger partial charge in [-0.3, -0.25) is 29.0 Å². The van der Waals surface area contributed by atoms with Gasteiger partial charge in [-0.1, -0.05) is 205 Å². The SMILES string of the molecule is CC(C)CC1=CCC(CC(C)C)=N1.CC(C)CCC1=CN=C(CC(C)C)C1.CC(C)CCC1=NC=C(CC(C)C)C1.CC(C)CCc1ccn(CC(C)C)n1.CC(C)CCc1cn(CC(C)C)cn1.CC(C)CCc1cn(CC(C)C)nn1.CC(C)CCc1cnn(CC(C)C)c1. The Kier molecular flexibility index (Phi) is 47.5. The van der Waals surface area contributed by atoms with Crippen molar-refractivity contribution >= 4 is 17.1 Å². The van der Waals surface area contributed by atoms with Crippen molar-refractivity contribution in [2.75, 3.05) is 0 Å². The number of imidazole rings is 1. The third-order valence-electron chi connectivity index (χ3n) is 16.1. The van der Waals surface area contributed by atoms with E-state index in [0.717, 1.165) is 149 Å². The Morgan fingerprint density at radius 3 is 1.39 bits per heavy atom. The first kappa shape index (κ1) is 90.0. The molecule has 0 bridgehead atoms. The monoisotopic (exact) mass is 1340 g/mol. The van der Waals surface area contributed by atoms with Gasteiger partial charge >= 0.3 is 0 Å². The van der Waals surface area contributed by atoms with Crippen LogP contribution in [0.2, 0.25) is 0 Å². The van der Waals surface area contributed by atoms with Crippen molar-refractivity contribution in [3.05, 3.63) is 101 Å². The van der Waals surface area contributed by atoms with Crippen molar-refractivity contribution in [2.24, 2.45) is 97.8 Å². The summed E-state index contributed by atoms with van der Waals surface area (Å²) >= 11 is 0. The Balaban J connectivity index is 0.000000566. The molecule has 3 aliphatic heterocycles. The van der Waals surface area contributed by atoms with Crippen molar-refractivity contribution in [1.29, 1.82) is 0 Å². The summed E-state index contributed by atoms with van der Waals surface area (Å²) in [5, 5.41) is 17.1. The second kappa shape index (κ2) is 51.2. The quantitative estimate of drug-likeness (QED) is 0.0461. The molecule has 4 aromatic heterocycles. The minimum absolute atomic E-state index is 0.634. The molecule has 0 amide bonds. The minimum Gasteiger partial charge on any atom is -0.337 e. The third-order valence-corrected chi connectivity index (χ3v) is 16.1. The van der Waals surface area contributed by atoms with Gasteiger partial charge in [-0.05, 0) is 208 Å². The number of aromatic nitrogens is 9. The average Bonchev–Trinajstić information content (AvgIpc) is 1.96. The lowest BCUT2D eigenvalue weighted by atomic mass is 9.98. The molecule has 0 unspecified atom stereocenters. The van der Waals surface area contributed by atoms with Crippen LogP contribution in [0.4, 0.5) is 0 Å². The fourth-order valence-corrected chi connectivity index (χ4v) is 11.0. The van der Waals surface area contributed by atoms with E-state index in [0.29, 0.717) is 23.7 Å². The molecule has 0 aromatic carbocycles. The van der Waals surface area contributed by atoms with Gasteiger partial charge in [-0.2, -0.15) is 10.2 Å². The molecule has 0 spiro atoms. The number of hydrogen-bond donors (Lipinski definition) is 0. The van der Waals surface area contributed by atoms with E-state index in [2.05, 4.69) is 298 Å². The molecule has 0 saturated heterocycles. The lowest BCUT2D eigenvalue weighted by Gasteiger charge is -2.07. The lowest BCUT2D eigenvalue weighted by molar-refractivity contribution is 0.472. The van der Waals surface area contributed by atoms with Crippen LogP contribution in [-0.2, 0) is 51.9 Å². The lowest BCUT2D eigenvalue weighted by Crippen LogP contribution is -2.05. The van der Waals surface area contributed by atoms with Crippen LogP contribution in [0.5, 0.6) is 0 Å². The molecule has 0 radical (unpaired) electrons. The maximum atomic E-state index is 4.65. The molecule has 0 atom stereocenters. The van der Waals surface area contributed by atoms with Gasteiger partial charge in [0.25, 0.3) is 0 Å². The van der Waals surface area contributed by atoms with Crippen LogP contribution in [0.1, 0.15) is 313 Å². The van der Waals surface area contributed by atoms with Gasteiger partial charge in [-0.25, -0.2) is 4.98 Å². The van der Waals surface area contributed by atoms with E-state index >= 15 is 0 Å². The smallest absolute Gasteiger partial charge is 0.0949 e. The number of nitrogens with zero attached hydrogens (tertiary/aromatic N) is 12. The Hall–Kier alpha value is -5.00. The summed E-state index contributed by atoms with van der Waals surface area (Å²) in [7, 11) is 0. The van der Waals surface area contributed by atoms with Crippen LogP contribution in [0.3, 0.4) is 0 Å². The topological polar surface area (TPSA) is 121 Å². The highest BCUT2D eigenvalue weighted by atomic mass is 15.4. The van der Waals surface area contributed by atoms with E-state index in [1.807, 2.05) is 17.2 Å². The summed E-state index contributed by atoms with van der Waals surface area (Å²) in [5.74, 6) is 10.3. The molecule has 3 aliphatic rings. The van der Waals surface area contributed by atoms with E-state index in [1.165, 1.54) is 115 Å². The van der Waals surface area contributed by atoms with Crippen molar-refractivity contribution in [2.45, 2.75) is 342 Å². The molecule has 7 rings (SSSR count). The molecule has 0 saturated carbocycles. The first-order valence-corrected chi connectivity index (χ1v) is 39.2. The number of aliphatic imine (C=N–C) groups is 3. The van der Waals surface area contributed by atoms with Crippen LogP contribution in [0.25, 0.3) is 0 Å². The van der Waals surface area contributed by atoms with Crippen molar-refractivity contribution in [1.82, 2.24) is 44.1 Å². The van der Waals surface area contributed by atoms with E-state index < -0.39 is 0 Å². The van der Waals surface area contributed by atoms with Gasteiger partial charge < -0.3 is 4.57 Å². The fraction of sp³-hybridized carbons (Fsp3) is 0.765. The molecule has 0 aliphatic carbocycles. The number of hydrogen-bond acceptors (Lipinski definition) is 8. The van der Waals surface area contributed by atoms with Crippen LogP contribution < -0.4 is 0 Å². The average molecular weight is 1340 g/mol. The van der Waals surface area contributed by atoms with Crippen molar-refractivity contribution < 1.29 is 0 Å². The zero-order valence-corrected chi connectivity index (χ0v) is 68.5. The highest BCUT2D eigenvalue weighted by Gasteiger charge is 2.15. The van der Waals surface area contributed by atoms with E-state index in [4.69, 9.17) is 0 Å². The Labute approximate surface area is 599 Å². The Bertz CT molecular complexity index is 2520. The normalized spacial score (nSPS) is 13.7. The predicted molar refractivity (Wildman–Crippen MR) is 425 cm³/mol. The van der Waals surface area contributed by atoms with Gasteiger partial charge in [0.05, 0.1) is 29.6 Å². The van der Waals surface area contributed by atoms with Gasteiger partial charge in [0, 0.05) is 105 Å². The first-order valence-electron chi connectivity index (χ1n) is 39.2. The number of allylic oxidation sites excluding steroid dienone is 4. The van der Waals surface area contributed by atoms with Gasteiger partial charge in [0.1, 0.15) is 0 Å². The van der Waals surface area contributed by atoms with Gasteiger partial charge in [-0.15, -0.1) is 5.10 Å². The van der Waals surface area contributed by atoms with Gasteiger partial charge in [0.2, 0.25) is 0 Å². The summed E-state index contributed by atoms with van der Waals surface area (Å²) in [4.78, 5) is 18.0. The van der Waals surface area contributed by atoms with Crippen LogP contribution in [0, 0.1) is 82.9 Å². The van der Waals surface area contributed by atoms with Crippen molar-refractivity contribution in [3.8, 4) is 0 Å². The third kappa shape index (κ3) is 50.1. The van der Waals surface area contributed by atoms with Crippen LogP contribution in [0.15, 0.2) is 93.7 Å². The zero-order valence-electron chi connectivity index (χ0n) is 68.5. The molecule has 0 fully saturated rings. The second-order valence-corrected chi connectivity index (χ2v) is 34.6. The van der Waals surface area contributed by atoms with Crippen LogP contribution >= 0.6 is 0 Å². The minimum atomic E-state index is 0.634. The first-order chi connectivity index (χ1) is 45.5. The Morgan fingerprint density at radius 1 is 0.381 bits per heavy atom. The van der Waals surface area contributed by atoms with Crippen LogP contribution in [-0.4, -0.2) is 61.2 Å². The fourth-order valence-electron chi connectivity index (χ4n) is 11.0. The highest BCUT2D eigenvalue weighted by Crippen LogP contribution is 2.25.